The van der Waals surface area contributed by atoms with Gasteiger partial charge in [0.2, 0.25) is 0 Å². The Bertz CT molecular complexity index is 918. The Balaban J connectivity index is 1.82. The molecule has 0 atom stereocenters. The van der Waals surface area contributed by atoms with Gasteiger partial charge in [-0.15, -0.1) is 0 Å². The number of nitrogens with one attached hydrogen (secondary N) is 1. The molecule has 1 aromatic carbocycles. The third-order valence-electron chi connectivity index (χ3n) is 4.30. The summed E-state index contributed by atoms with van der Waals surface area (Å²) in [6.45, 7) is 9.77. The molecular weight excluding hydrogens is 326 g/mol. The van der Waals surface area contributed by atoms with Gasteiger partial charge in [0, 0.05) is 22.6 Å². The molecule has 26 heavy (non-hydrogen) atoms. The number of rotatable bonds is 4. The summed E-state index contributed by atoms with van der Waals surface area (Å²) in [4.78, 5) is 24.0. The van der Waals surface area contributed by atoms with Gasteiger partial charge in [-0.3, -0.25) is 4.79 Å². The lowest BCUT2D eigenvalue weighted by Gasteiger charge is -2.27. The van der Waals surface area contributed by atoms with E-state index in [0.29, 0.717) is 6.42 Å². The number of H-pyrrole nitrogens is 1. The summed E-state index contributed by atoms with van der Waals surface area (Å²) in [5.74, 6) is -0.184. The molecule has 0 fully saturated rings. The number of fused-ring (bicyclic) bond motifs is 1. The molecule has 1 N–H and O–H groups in total. The maximum absolute atomic E-state index is 12.2. The second-order valence-electron chi connectivity index (χ2n) is 8.19. The fourth-order valence-electron chi connectivity index (χ4n) is 3.02. The van der Waals surface area contributed by atoms with Gasteiger partial charge in [-0.2, -0.15) is 0 Å². The summed E-state index contributed by atoms with van der Waals surface area (Å²) in [5.41, 5.74) is 3.06. The number of ether oxygens (including phenoxy) is 1. The van der Waals surface area contributed by atoms with E-state index in [1.54, 1.807) is 6.33 Å². The topological polar surface area (TPSA) is 67.9 Å². The van der Waals surface area contributed by atoms with Crippen LogP contribution in [-0.2, 0) is 14.9 Å². The number of nitrogens with zero attached hydrogens (tertiary/aromatic N) is 2. The van der Waals surface area contributed by atoms with Gasteiger partial charge in [0.25, 0.3) is 0 Å². The third kappa shape index (κ3) is 3.93. The van der Waals surface area contributed by atoms with E-state index >= 15 is 0 Å². The van der Waals surface area contributed by atoms with Gasteiger partial charge in [-0.1, -0.05) is 38.1 Å². The van der Waals surface area contributed by atoms with E-state index in [4.69, 9.17) is 4.74 Å². The maximum Gasteiger partial charge on any atom is 0.307 e. The molecule has 2 heterocycles. The Labute approximate surface area is 153 Å². The number of aromatic nitrogens is 3. The average molecular weight is 351 g/mol. The maximum atomic E-state index is 12.2. The highest BCUT2D eigenvalue weighted by atomic mass is 16.6. The number of hydrogen-bond acceptors (Lipinski definition) is 4. The van der Waals surface area contributed by atoms with Crippen LogP contribution in [-0.4, -0.2) is 26.5 Å². The van der Waals surface area contributed by atoms with Gasteiger partial charge in [-0.05, 0) is 32.4 Å². The highest BCUT2D eigenvalue weighted by molar-refractivity contribution is 5.90. The average Bonchev–Trinajstić information content (AvgIpc) is 3.01. The first-order valence-corrected chi connectivity index (χ1v) is 8.77. The van der Waals surface area contributed by atoms with Crippen molar-refractivity contribution in [3.05, 3.63) is 48.4 Å². The minimum atomic E-state index is -0.466. The zero-order valence-corrected chi connectivity index (χ0v) is 16.0. The number of carbonyl (C=O) groups is 1. The summed E-state index contributed by atoms with van der Waals surface area (Å²) in [5, 5.41) is 0.994. The summed E-state index contributed by atoms with van der Waals surface area (Å²) < 4.78 is 5.47. The predicted molar refractivity (Wildman–Crippen MR) is 103 cm³/mol. The van der Waals surface area contributed by atoms with E-state index in [1.807, 2.05) is 45.2 Å². The Morgan fingerprint density at radius 2 is 1.73 bits per heavy atom. The van der Waals surface area contributed by atoms with E-state index in [9.17, 15) is 4.79 Å². The van der Waals surface area contributed by atoms with Crippen molar-refractivity contribution in [1.82, 2.24) is 15.0 Å². The number of aromatic amines is 1. The first-order chi connectivity index (χ1) is 12.2. The number of esters is 1. The number of carbonyl (C=O) groups excluding carboxylic acids is 1. The van der Waals surface area contributed by atoms with E-state index < -0.39 is 5.60 Å². The fraction of sp³-hybridized carbons (Fsp3) is 0.381. The van der Waals surface area contributed by atoms with Crippen molar-refractivity contribution in [3.63, 3.8) is 0 Å². The normalized spacial score (nSPS) is 12.3. The fourth-order valence-corrected chi connectivity index (χ4v) is 3.02. The molecule has 0 aliphatic rings. The standard InChI is InChI=1S/C21H25N3O2/c1-20(2,3)26-17(25)12-21(4,5)15-8-6-14(7-9-15)18-16-10-11-22-19(16)24-13-23-18/h6-11,13H,12H2,1-5H3,(H,22,23,24). The van der Waals surface area contributed by atoms with Crippen molar-refractivity contribution in [2.75, 3.05) is 0 Å². The van der Waals surface area contributed by atoms with Crippen molar-refractivity contribution >= 4 is 17.0 Å². The second kappa shape index (κ2) is 6.56. The van der Waals surface area contributed by atoms with Gasteiger partial charge in [-0.25, -0.2) is 9.97 Å². The molecule has 0 saturated carbocycles. The molecule has 2 aromatic heterocycles. The smallest absolute Gasteiger partial charge is 0.307 e. The molecule has 0 amide bonds. The molecule has 3 aromatic rings. The quantitative estimate of drug-likeness (QED) is 0.696. The van der Waals surface area contributed by atoms with Crippen molar-refractivity contribution in [2.24, 2.45) is 0 Å². The first-order valence-electron chi connectivity index (χ1n) is 8.77. The summed E-state index contributed by atoms with van der Waals surface area (Å²) in [7, 11) is 0. The highest BCUT2D eigenvalue weighted by Crippen LogP contribution is 2.31. The van der Waals surface area contributed by atoms with Crippen LogP contribution in [0.5, 0.6) is 0 Å². The Kier molecular flexibility index (Phi) is 4.57. The first kappa shape index (κ1) is 18.1. The summed E-state index contributed by atoms with van der Waals surface area (Å²) >= 11 is 0. The van der Waals surface area contributed by atoms with Crippen LogP contribution in [0, 0.1) is 0 Å². The molecule has 136 valence electrons. The molecular formula is C21H25N3O2. The molecule has 0 radical (unpaired) electrons. The van der Waals surface area contributed by atoms with E-state index in [0.717, 1.165) is 27.9 Å². The van der Waals surface area contributed by atoms with Gasteiger partial charge >= 0.3 is 5.97 Å². The van der Waals surface area contributed by atoms with Crippen LogP contribution in [0.1, 0.15) is 46.6 Å². The zero-order valence-electron chi connectivity index (χ0n) is 16.0. The van der Waals surface area contributed by atoms with Crippen molar-refractivity contribution < 1.29 is 9.53 Å². The van der Waals surface area contributed by atoms with Crippen LogP contribution in [0.3, 0.4) is 0 Å². The minimum absolute atomic E-state index is 0.184. The Morgan fingerprint density at radius 1 is 1.04 bits per heavy atom. The molecule has 0 aliphatic heterocycles. The monoisotopic (exact) mass is 351 g/mol. The largest absolute Gasteiger partial charge is 0.460 e. The zero-order chi connectivity index (χ0) is 18.9. The molecule has 0 spiro atoms. The second-order valence-corrected chi connectivity index (χ2v) is 8.19. The van der Waals surface area contributed by atoms with Crippen molar-refractivity contribution in [1.29, 1.82) is 0 Å². The molecule has 0 aliphatic carbocycles. The van der Waals surface area contributed by atoms with Gasteiger partial charge < -0.3 is 9.72 Å². The van der Waals surface area contributed by atoms with Gasteiger partial charge in [0.05, 0.1) is 12.1 Å². The summed E-state index contributed by atoms with van der Waals surface area (Å²) in [6.07, 6.45) is 3.76. The Morgan fingerprint density at radius 3 is 2.38 bits per heavy atom. The lowest BCUT2D eigenvalue weighted by atomic mass is 9.81. The van der Waals surface area contributed by atoms with Gasteiger partial charge in [0.1, 0.15) is 17.6 Å². The minimum Gasteiger partial charge on any atom is -0.460 e. The van der Waals surface area contributed by atoms with Gasteiger partial charge in [0.15, 0.2) is 0 Å². The van der Waals surface area contributed by atoms with Crippen molar-refractivity contribution in [3.8, 4) is 11.3 Å². The molecule has 5 heteroatoms. The molecule has 0 bridgehead atoms. The van der Waals surface area contributed by atoms with Crippen LogP contribution in [0.2, 0.25) is 0 Å². The highest BCUT2D eigenvalue weighted by Gasteiger charge is 2.27. The molecule has 5 nitrogen and oxygen atoms in total. The van der Waals surface area contributed by atoms with Crippen LogP contribution in [0.4, 0.5) is 0 Å². The van der Waals surface area contributed by atoms with Crippen LogP contribution >= 0.6 is 0 Å². The van der Waals surface area contributed by atoms with E-state index in [-0.39, 0.29) is 11.4 Å². The lowest BCUT2D eigenvalue weighted by Crippen LogP contribution is -2.29. The van der Waals surface area contributed by atoms with Crippen LogP contribution in [0.25, 0.3) is 22.3 Å². The van der Waals surface area contributed by atoms with Crippen molar-refractivity contribution in [2.45, 2.75) is 52.1 Å². The molecule has 3 rings (SSSR count). The SMILES string of the molecule is CC(C)(C)OC(=O)CC(C)(C)c1ccc(-c2ncnc3[nH]ccc23)cc1. The van der Waals surface area contributed by atoms with E-state index in [2.05, 4.69) is 40.9 Å². The number of benzene rings is 1. The lowest BCUT2D eigenvalue weighted by molar-refractivity contribution is -0.156. The summed E-state index contributed by atoms with van der Waals surface area (Å²) in [6, 6.07) is 10.2. The number of hydrogen-bond donors (Lipinski definition) is 1. The Hall–Kier alpha value is -2.69. The third-order valence-corrected chi connectivity index (χ3v) is 4.30. The predicted octanol–water partition coefficient (Wildman–Crippen LogP) is 4.63. The van der Waals surface area contributed by atoms with Crippen LogP contribution < -0.4 is 0 Å². The molecule has 0 unspecified atom stereocenters. The molecule has 0 saturated heterocycles. The van der Waals surface area contributed by atoms with Crippen LogP contribution in [0.15, 0.2) is 42.9 Å². The van der Waals surface area contributed by atoms with E-state index in [1.165, 1.54) is 0 Å².